The maximum absolute atomic E-state index is 12.8. The second-order valence-electron chi connectivity index (χ2n) is 36.5. The summed E-state index contributed by atoms with van der Waals surface area (Å²) in [6.07, 6.45) is -43.7. The summed E-state index contributed by atoms with van der Waals surface area (Å²) in [7, 11) is 0. The van der Waals surface area contributed by atoms with Gasteiger partial charge in [-0.15, -0.1) is 0 Å². The number of aliphatic hydroxyl groups excluding tert-OH is 18. The lowest BCUT2D eigenvalue weighted by Crippen LogP contribution is -2.68. The molecule has 0 spiro atoms. The topological polar surface area (TPSA) is 812 Å². The number of nitrogens with one attached hydrogen (secondary N) is 10. The van der Waals surface area contributed by atoms with Gasteiger partial charge in [-0.1, -0.05) is 24.6 Å². The number of ketones is 1. The van der Waals surface area contributed by atoms with Crippen LogP contribution in [-0.4, -0.2) is 503 Å². The van der Waals surface area contributed by atoms with Crippen LogP contribution in [-0.2, 0) is 114 Å². The van der Waals surface area contributed by atoms with Gasteiger partial charge >= 0.3 is 6.03 Å². The van der Waals surface area contributed by atoms with Gasteiger partial charge in [-0.05, 0) is 80.0 Å². The number of aryl methyl sites for hydroxylation is 1. The van der Waals surface area contributed by atoms with Crippen LogP contribution in [0.5, 0.6) is 11.5 Å². The summed E-state index contributed by atoms with van der Waals surface area (Å²) in [6, 6.07) is 10.1. The first-order valence-corrected chi connectivity index (χ1v) is 50.6. The summed E-state index contributed by atoms with van der Waals surface area (Å²) in [5, 5.41) is 217. The van der Waals surface area contributed by atoms with Crippen molar-refractivity contribution in [2.45, 2.75) is 300 Å². The monoisotopic (exact) mass is 2160 g/mol. The number of Topliss-reactive ketones (excluding diaryl/α,β-unsaturated/α-hetero) is 1. The van der Waals surface area contributed by atoms with E-state index in [0.717, 1.165) is 55.6 Å². The normalized spacial score (nSPS) is 32.2. The Labute approximate surface area is 861 Å². The second-order valence-corrected chi connectivity index (χ2v) is 37.8. The Hall–Kier alpha value is -8.23. The lowest BCUT2D eigenvalue weighted by Gasteiger charge is -2.48. The van der Waals surface area contributed by atoms with Crippen LogP contribution in [0.2, 0.25) is 0 Å². The molecule has 0 saturated carbocycles. The molecule has 8 aliphatic heterocycles. The van der Waals surface area contributed by atoms with Crippen LogP contribution >= 0.6 is 11.8 Å². The second kappa shape index (κ2) is 64.2. The lowest BCUT2D eigenvalue weighted by atomic mass is 9.95. The Kier molecular flexibility index (Phi) is 53.5. The zero-order valence-electron chi connectivity index (χ0n) is 83.1. The van der Waals surface area contributed by atoms with Crippen LogP contribution < -0.4 is 62.6 Å². The zero-order valence-corrected chi connectivity index (χ0v) is 83.9. The summed E-state index contributed by atoms with van der Waals surface area (Å²) in [5.41, 5.74) is 2.45. The van der Waals surface area contributed by atoms with Gasteiger partial charge in [0.25, 0.3) is 5.91 Å². The molecule has 149 heavy (non-hydrogen) atoms. The summed E-state index contributed by atoms with van der Waals surface area (Å²) in [6.45, 7) is 2.39. The highest BCUT2D eigenvalue weighted by atomic mass is 32.2. The van der Waals surface area contributed by atoms with E-state index in [2.05, 4.69) is 53.2 Å². The zero-order chi connectivity index (χ0) is 109. The molecule has 8 saturated heterocycles. The third-order valence-corrected chi connectivity index (χ3v) is 26.5. The average molecular weight is 2160 g/mol. The number of ether oxygens (including phenoxy) is 17. The fourth-order valence-electron chi connectivity index (χ4n) is 17.1. The van der Waals surface area contributed by atoms with Crippen molar-refractivity contribution in [2.24, 2.45) is 0 Å². The van der Waals surface area contributed by atoms with E-state index in [1.54, 1.807) is 36.4 Å². The summed E-state index contributed by atoms with van der Waals surface area (Å²) in [5.74, 6) is -1.06. The van der Waals surface area contributed by atoms with Crippen molar-refractivity contribution in [1.29, 1.82) is 0 Å². The van der Waals surface area contributed by atoms with Crippen molar-refractivity contribution < 1.29 is 220 Å². The predicted octanol–water partition coefficient (Wildman–Crippen LogP) is -11.6. The average Bonchev–Trinajstić information content (AvgIpc) is 1.25. The minimum atomic E-state index is -2.00. The van der Waals surface area contributed by atoms with Gasteiger partial charge < -0.3 is 226 Å². The van der Waals surface area contributed by atoms with E-state index >= 15 is 0 Å². The molecule has 0 aliphatic carbocycles. The largest absolute Gasteiger partial charge is 0.486 e. The molecule has 28 N–H and O–H groups in total. The molecule has 56 heteroatoms. The van der Waals surface area contributed by atoms with Crippen molar-refractivity contribution in [3.05, 3.63) is 48.0 Å². The Bertz CT molecular complexity index is 4410. The maximum Gasteiger partial charge on any atom is 0.315 e. The van der Waals surface area contributed by atoms with Gasteiger partial charge in [0, 0.05) is 110 Å². The number of hydrogen-bond acceptors (Lipinski definition) is 46. The molecule has 10 amide bonds. The number of fused-ring (bicyclic) bond motifs is 1. The molecular weight excluding hydrogens is 2010 g/mol. The predicted molar refractivity (Wildman–Crippen MR) is 508 cm³/mol. The number of amides is 10. The first-order valence-electron chi connectivity index (χ1n) is 49.5. The summed E-state index contributed by atoms with van der Waals surface area (Å²) in [4.78, 5) is 121. The van der Waals surface area contributed by atoms with Gasteiger partial charge in [0.2, 0.25) is 41.4 Å². The van der Waals surface area contributed by atoms with E-state index in [1.807, 2.05) is 24.8 Å². The molecule has 846 valence electrons. The molecule has 10 rings (SSSR count). The van der Waals surface area contributed by atoms with E-state index < -0.39 is 241 Å². The number of aliphatic hydroxyl groups is 18. The van der Waals surface area contributed by atoms with Gasteiger partial charge in [0.15, 0.2) is 50.1 Å². The molecule has 12 unspecified atom stereocenters. The third-order valence-electron chi connectivity index (χ3n) is 25.0. The Morgan fingerprint density at radius 3 is 1.25 bits per heavy atom. The van der Waals surface area contributed by atoms with Gasteiger partial charge in [0.1, 0.15) is 164 Å². The summed E-state index contributed by atoms with van der Waals surface area (Å²) < 4.78 is 96.3. The van der Waals surface area contributed by atoms with E-state index in [-0.39, 0.29) is 171 Å². The number of hydrogen-bond donors (Lipinski definition) is 28. The third kappa shape index (κ3) is 38.7. The molecule has 2 aromatic rings. The number of unbranched alkanes of at least 4 members (excludes halogenated alkanes) is 1. The van der Waals surface area contributed by atoms with E-state index in [4.69, 9.17) is 80.5 Å². The van der Waals surface area contributed by atoms with Crippen molar-refractivity contribution in [3.63, 3.8) is 0 Å². The van der Waals surface area contributed by atoms with E-state index in [9.17, 15) is 140 Å². The van der Waals surface area contributed by atoms with Crippen LogP contribution in [0.4, 0.5) is 4.79 Å². The Balaban J connectivity index is 0.000000700. The highest BCUT2D eigenvalue weighted by molar-refractivity contribution is 8.00. The number of urea groups is 1. The van der Waals surface area contributed by atoms with Gasteiger partial charge in [-0.25, -0.2) is 4.79 Å². The van der Waals surface area contributed by atoms with E-state index in [0.29, 0.717) is 55.8 Å². The molecule has 8 fully saturated rings. The highest BCUT2D eigenvalue weighted by Crippen LogP contribution is 2.39. The van der Waals surface area contributed by atoms with Crippen molar-refractivity contribution in [3.8, 4) is 22.6 Å². The van der Waals surface area contributed by atoms with Crippen LogP contribution in [0.15, 0.2) is 42.5 Å². The standard InChI is InChI=1S/C74H115N5O40.C19H33N5O5S/c1-34-23-38(25-41(24-34)108-32-39(88)7-4-17-104-20-12-48(89)75-14-5-18-106-69-51(78-35(2)86)57(96)65(46(30-84)114-69)116-73-63(102)67(55(94)44(28-82)112-73)118-71-61(100)59(98)53(92)42(26-80)110-71)37-8-10-40(11-9-37)109-33-50(91)77-16-22-105-21-13-49(90)76-15-6-19-107-70-52(79-36(3)87)58(97)66(47(31-85)115-70)117-74-64(103)68(56(95)45(29-83)113-74)119-72-62(101)60(99)54(93)43(27-81)111-72;1-13(25)20-7-8-21-17(27)6-10-29-11-9-22-16(26)5-3-2-4-15-18-14(12-30-15)23-19(28)24-18/h8-11,23-25,42-47,51-74,80-85,92-103H,4-7,12-22,26-33H2,1-3H3,(H,75,89)(H,76,90)(H,77,91)(H,78,86)(H,79,87);14-15,18H,2-12H2,1H3,(H,20,25)(H,21,27)(H,22,26)(H2,23,24,28)/t42?,43?,44?,45?,46?,47?,51?,52?,53-,54-,55-,56-,57+,58+,59?,60?,61-,62-,63?,64?,65+,66+,67-,68-,69+,70+,71+,72+,73-,74-;14-,15-,18-/m00/s1. The first-order chi connectivity index (χ1) is 71.4. The summed E-state index contributed by atoms with van der Waals surface area (Å²) >= 11 is 1.89. The SMILES string of the molecule is CC(=O)NC1[C@H](OCCCNC(=O)CCOCCCC(=O)COc2cc(C)cc(-c3ccc(OCC(=O)NCCOCCC(=O)NCCCO[C@@H]4OC(CO)[C@@H](O[C@@H]5OC(CO)[C@H](O)[C@H](O[C@H]6OC(CO)[C@H](O)C(O)[C@@H]6O)C5O)[C@H](O)C4NC(C)=O)cc3)c2)OC(CO)[C@@H](O[C@@H]2OC(CO)[C@H](O)[C@H](O[C@H]3OC(CO)[C@H](O)C(O)[C@@H]3O)C2O)[C@@H]1O.CC(=O)NCCNC(=O)CCOCCNC(=O)CCCC[C@@H]1SC[C@@H]2NC(=O)N[C@@H]21. The number of rotatable bonds is 60. The van der Waals surface area contributed by atoms with Crippen LogP contribution in [0, 0.1) is 6.92 Å². The number of carbonyl (C=O) groups excluding carboxylic acids is 10. The first kappa shape index (κ1) is 124. The molecule has 8 heterocycles. The minimum absolute atomic E-state index is 0.00195. The van der Waals surface area contributed by atoms with Gasteiger partial charge in [-0.2, -0.15) is 11.8 Å². The number of carbonyl (C=O) groups is 10. The number of benzene rings is 2. The molecule has 0 bridgehead atoms. The van der Waals surface area contributed by atoms with Gasteiger partial charge in [0.05, 0.1) is 98.0 Å². The van der Waals surface area contributed by atoms with Crippen molar-refractivity contribution in [2.75, 3.05) is 151 Å². The fraction of sp³-hybridized carbons (Fsp3) is 0.763. The molecule has 33 atom stereocenters. The Morgan fingerprint density at radius 1 is 0.362 bits per heavy atom. The number of thioether (sulfide) groups is 1. The molecule has 0 aromatic heterocycles. The van der Waals surface area contributed by atoms with Crippen molar-refractivity contribution >= 4 is 70.8 Å². The molecular formula is C93H148N10O45S. The molecule has 55 nitrogen and oxygen atoms in total. The lowest BCUT2D eigenvalue weighted by molar-refractivity contribution is -0.376. The molecule has 0 radical (unpaired) electrons. The Morgan fingerprint density at radius 2 is 0.779 bits per heavy atom. The minimum Gasteiger partial charge on any atom is -0.486 e. The quantitative estimate of drug-likeness (QED) is 0.0216. The van der Waals surface area contributed by atoms with Crippen LogP contribution in [0.1, 0.15) is 97.0 Å². The van der Waals surface area contributed by atoms with Crippen molar-refractivity contribution in [1.82, 2.24) is 53.2 Å². The maximum atomic E-state index is 12.8. The van der Waals surface area contributed by atoms with E-state index in [1.165, 1.54) is 6.92 Å². The van der Waals surface area contributed by atoms with Crippen LogP contribution in [0.3, 0.4) is 0 Å². The molecule has 2 aromatic carbocycles. The van der Waals surface area contributed by atoms with Crippen LogP contribution in [0.25, 0.3) is 11.1 Å². The fourth-order valence-corrected chi connectivity index (χ4v) is 18.6. The highest BCUT2D eigenvalue weighted by Gasteiger charge is 2.58. The van der Waals surface area contributed by atoms with Gasteiger partial charge in [-0.3, -0.25) is 43.2 Å². The molecule has 8 aliphatic rings. The smallest absolute Gasteiger partial charge is 0.315 e.